The van der Waals surface area contributed by atoms with Crippen molar-refractivity contribution in [1.29, 1.82) is 0 Å². The smallest absolute Gasteiger partial charge is 0.342 e. The highest BCUT2D eigenvalue weighted by molar-refractivity contribution is 6.30. The Kier molecular flexibility index (Phi) is 2.91. The van der Waals surface area contributed by atoms with Gasteiger partial charge in [-0.1, -0.05) is 23.2 Å². The van der Waals surface area contributed by atoms with E-state index in [4.69, 9.17) is 16.3 Å². The molecule has 0 saturated carbocycles. The number of nitrogens with zero attached hydrogens (tertiary/aromatic N) is 1. The fourth-order valence-corrected chi connectivity index (χ4v) is 2.28. The number of halogens is 1. The Morgan fingerprint density at radius 2 is 1.89 bits per heavy atom. The maximum atomic E-state index is 11.8. The molecular weight excluding hydrogens is 262 g/mol. The van der Waals surface area contributed by atoms with Crippen LogP contribution in [0.2, 0.25) is 5.02 Å². The number of carbonyl (C=O) groups excluding carboxylic acids is 1. The number of rotatable bonds is 1. The molecule has 0 fully saturated rings. The molecule has 0 aliphatic carbocycles. The first-order chi connectivity index (χ1) is 9.15. The van der Waals surface area contributed by atoms with Gasteiger partial charge in [-0.2, -0.15) is 0 Å². The second-order valence-electron chi connectivity index (χ2n) is 4.49. The molecule has 4 heteroatoms. The van der Waals surface area contributed by atoms with E-state index < -0.39 is 0 Å². The summed E-state index contributed by atoms with van der Waals surface area (Å²) in [5.41, 5.74) is 3.45. The Morgan fingerprint density at radius 1 is 1.16 bits per heavy atom. The van der Waals surface area contributed by atoms with Crippen LogP contribution in [0.4, 0.5) is 11.4 Å². The van der Waals surface area contributed by atoms with Crippen molar-refractivity contribution in [2.75, 3.05) is 11.6 Å². The molecule has 3 rings (SSSR count). The molecule has 1 heterocycles. The highest BCUT2D eigenvalue weighted by Gasteiger charge is 2.25. The molecule has 2 aromatic carbocycles. The third-order valence-corrected chi connectivity index (χ3v) is 3.38. The summed E-state index contributed by atoms with van der Waals surface area (Å²) in [6, 6.07) is 13.2. The maximum absolute atomic E-state index is 11.8. The largest absolute Gasteiger partial charge is 0.440 e. The van der Waals surface area contributed by atoms with Gasteiger partial charge < -0.3 is 9.64 Å². The van der Waals surface area contributed by atoms with Gasteiger partial charge >= 0.3 is 5.97 Å². The Balaban J connectivity index is 2.08. The number of hydrogen-bond donors (Lipinski definition) is 0. The van der Waals surface area contributed by atoms with Gasteiger partial charge in [0.15, 0.2) is 6.73 Å². The van der Waals surface area contributed by atoms with Crippen molar-refractivity contribution in [3.63, 3.8) is 0 Å². The first-order valence-corrected chi connectivity index (χ1v) is 6.34. The van der Waals surface area contributed by atoms with Crippen LogP contribution < -0.4 is 4.90 Å². The van der Waals surface area contributed by atoms with Gasteiger partial charge in [-0.25, -0.2) is 4.79 Å². The minimum Gasteiger partial charge on any atom is -0.440 e. The van der Waals surface area contributed by atoms with Crippen LogP contribution >= 0.6 is 11.6 Å². The average molecular weight is 274 g/mol. The average Bonchev–Trinajstić information content (AvgIpc) is 2.41. The van der Waals surface area contributed by atoms with E-state index in [9.17, 15) is 4.79 Å². The lowest BCUT2D eigenvalue weighted by atomic mass is 10.1. The maximum Gasteiger partial charge on any atom is 0.342 e. The minimum absolute atomic E-state index is 0.219. The number of esters is 1. The molecule has 1 aliphatic heterocycles. The third-order valence-electron chi connectivity index (χ3n) is 3.13. The molecule has 0 aromatic heterocycles. The van der Waals surface area contributed by atoms with E-state index in [2.05, 4.69) is 0 Å². The van der Waals surface area contributed by atoms with Crippen molar-refractivity contribution >= 4 is 28.9 Å². The van der Waals surface area contributed by atoms with Crippen LogP contribution in [0, 0.1) is 6.92 Å². The summed E-state index contributed by atoms with van der Waals surface area (Å²) >= 11 is 5.89. The number of aryl methyl sites for hydroxylation is 1. The fourth-order valence-electron chi connectivity index (χ4n) is 2.15. The molecule has 1 aliphatic rings. The van der Waals surface area contributed by atoms with Crippen LogP contribution in [-0.4, -0.2) is 12.7 Å². The van der Waals surface area contributed by atoms with E-state index >= 15 is 0 Å². The summed E-state index contributed by atoms with van der Waals surface area (Å²) in [4.78, 5) is 13.7. The monoisotopic (exact) mass is 273 g/mol. The second kappa shape index (κ2) is 4.59. The summed E-state index contributed by atoms with van der Waals surface area (Å²) in [7, 11) is 0. The fraction of sp³-hybridized carbons (Fsp3) is 0.133. The Bertz CT molecular complexity index is 637. The number of hydrogen-bond acceptors (Lipinski definition) is 3. The van der Waals surface area contributed by atoms with E-state index in [1.165, 1.54) is 0 Å². The molecule has 0 unspecified atom stereocenters. The van der Waals surface area contributed by atoms with E-state index in [-0.39, 0.29) is 12.7 Å². The summed E-state index contributed by atoms with van der Waals surface area (Å²) < 4.78 is 5.21. The van der Waals surface area contributed by atoms with Crippen LogP contribution in [0.1, 0.15) is 15.9 Å². The summed E-state index contributed by atoms with van der Waals surface area (Å²) in [6.45, 7) is 2.17. The number of benzene rings is 2. The lowest BCUT2D eigenvalue weighted by Gasteiger charge is -2.30. The van der Waals surface area contributed by atoms with Crippen LogP contribution in [0.3, 0.4) is 0 Å². The Hall–Kier alpha value is -2.00. The zero-order chi connectivity index (χ0) is 13.4. The Morgan fingerprint density at radius 3 is 2.63 bits per heavy atom. The molecule has 0 atom stereocenters. The predicted octanol–water partition coefficient (Wildman–Crippen LogP) is 3.91. The van der Waals surface area contributed by atoms with Crippen molar-refractivity contribution in [2.24, 2.45) is 0 Å². The van der Waals surface area contributed by atoms with Gasteiger partial charge in [-0.05, 0) is 43.3 Å². The van der Waals surface area contributed by atoms with Gasteiger partial charge in [0.05, 0.1) is 11.3 Å². The van der Waals surface area contributed by atoms with Gasteiger partial charge in [0.1, 0.15) is 0 Å². The van der Waals surface area contributed by atoms with Crippen molar-refractivity contribution in [1.82, 2.24) is 0 Å². The number of carbonyl (C=O) groups is 1. The summed E-state index contributed by atoms with van der Waals surface area (Å²) in [6.07, 6.45) is 0. The van der Waals surface area contributed by atoms with Gasteiger partial charge in [0.2, 0.25) is 0 Å². The van der Waals surface area contributed by atoms with E-state index in [1.807, 2.05) is 54.3 Å². The quantitative estimate of drug-likeness (QED) is 0.738. The lowest BCUT2D eigenvalue weighted by molar-refractivity contribution is 0.0493. The molecule has 0 N–H and O–H groups in total. The molecular formula is C15H12ClNO2. The highest BCUT2D eigenvalue weighted by atomic mass is 35.5. The van der Waals surface area contributed by atoms with Crippen LogP contribution in [0.5, 0.6) is 0 Å². The van der Waals surface area contributed by atoms with Crippen molar-refractivity contribution in [3.8, 4) is 0 Å². The number of anilines is 2. The van der Waals surface area contributed by atoms with E-state index in [0.717, 1.165) is 16.9 Å². The SMILES string of the molecule is Cc1ccc2c(c1)C(=O)OCN2c1ccc(Cl)cc1. The lowest BCUT2D eigenvalue weighted by Crippen LogP contribution is -2.30. The Labute approximate surface area is 116 Å². The topological polar surface area (TPSA) is 29.5 Å². The normalized spacial score (nSPS) is 14.0. The standard InChI is InChI=1S/C15H12ClNO2/c1-10-2-7-14-13(8-10)15(18)19-9-17(14)12-5-3-11(16)4-6-12/h2-8H,9H2,1H3. The van der Waals surface area contributed by atoms with Crippen LogP contribution in [-0.2, 0) is 4.74 Å². The van der Waals surface area contributed by atoms with Crippen molar-refractivity contribution in [2.45, 2.75) is 6.92 Å². The van der Waals surface area contributed by atoms with Crippen molar-refractivity contribution in [3.05, 3.63) is 58.6 Å². The van der Waals surface area contributed by atoms with Crippen molar-refractivity contribution < 1.29 is 9.53 Å². The first kappa shape index (κ1) is 12.1. The highest BCUT2D eigenvalue weighted by Crippen LogP contribution is 2.33. The van der Waals surface area contributed by atoms with Crippen LogP contribution in [0.25, 0.3) is 0 Å². The third kappa shape index (κ3) is 2.17. The van der Waals surface area contributed by atoms with Gasteiger partial charge in [-0.15, -0.1) is 0 Å². The van der Waals surface area contributed by atoms with E-state index in [0.29, 0.717) is 10.6 Å². The molecule has 0 amide bonds. The van der Waals surface area contributed by atoms with Gasteiger partial charge in [0, 0.05) is 10.7 Å². The molecule has 96 valence electrons. The molecule has 19 heavy (non-hydrogen) atoms. The molecule has 3 nitrogen and oxygen atoms in total. The molecule has 2 aromatic rings. The number of fused-ring (bicyclic) bond motifs is 1. The van der Waals surface area contributed by atoms with Crippen LogP contribution in [0.15, 0.2) is 42.5 Å². The minimum atomic E-state index is -0.274. The number of cyclic esters (lactones) is 1. The zero-order valence-corrected chi connectivity index (χ0v) is 11.1. The number of ether oxygens (including phenoxy) is 1. The molecule has 0 saturated heterocycles. The summed E-state index contributed by atoms with van der Waals surface area (Å²) in [5, 5.41) is 0.682. The van der Waals surface area contributed by atoms with E-state index in [1.54, 1.807) is 0 Å². The molecule has 0 radical (unpaired) electrons. The van der Waals surface area contributed by atoms with Gasteiger partial charge in [-0.3, -0.25) is 0 Å². The first-order valence-electron chi connectivity index (χ1n) is 5.96. The zero-order valence-electron chi connectivity index (χ0n) is 10.4. The molecule has 0 spiro atoms. The van der Waals surface area contributed by atoms with Gasteiger partial charge in [0.25, 0.3) is 0 Å². The molecule has 0 bridgehead atoms. The second-order valence-corrected chi connectivity index (χ2v) is 4.92. The predicted molar refractivity (Wildman–Crippen MR) is 75.1 cm³/mol. The summed E-state index contributed by atoms with van der Waals surface area (Å²) in [5.74, 6) is -0.274.